The minimum Gasteiger partial charge on any atom is -0.398 e. The fraction of sp³-hybridized carbons (Fsp3) is 0.500. The van der Waals surface area contributed by atoms with Crippen LogP contribution in [0.5, 0.6) is 0 Å². The molecule has 1 aliphatic rings. The molecule has 0 radical (unpaired) electrons. The van der Waals surface area contributed by atoms with Gasteiger partial charge in [-0.2, -0.15) is 0 Å². The number of rotatable bonds is 4. The maximum atomic E-state index is 13.1. The molecule has 0 atom stereocenters. The number of nitrogen functional groups attached to an aromatic ring is 1. The van der Waals surface area contributed by atoms with Gasteiger partial charge in [0.25, 0.3) is 0 Å². The number of aryl methyl sites for hydroxylation is 1. The predicted molar refractivity (Wildman–Crippen MR) is 74.2 cm³/mol. The molecule has 0 aliphatic heterocycles. The third-order valence-corrected chi connectivity index (χ3v) is 4.01. The Labute approximate surface area is 117 Å². The highest BCUT2D eigenvalue weighted by atomic mass is 19.1. The molecule has 1 heterocycles. The number of hydrogen-bond acceptors (Lipinski definition) is 4. The van der Waals surface area contributed by atoms with Crippen LogP contribution in [0.1, 0.15) is 32.1 Å². The van der Waals surface area contributed by atoms with Crippen molar-refractivity contribution in [3.63, 3.8) is 0 Å². The highest BCUT2D eigenvalue weighted by Crippen LogP contribution is 2.29. The standard InChI is InChI=1S/C14H18FN5/c15-11-5-6-12(13(16)9-11)14-17-18-19-20(14)8-7-10-3-1-2-4-10/h5-6,9-10H,1-4,7-8,16H2. The molecule has 0 saturated heterocycles. The van der Waals surface area contributed by atoms with E-state index < -0.39 is 0 Å². The molecule has 2 N–H and O–H groups in total. The lowest BCUT2D eigenvalue weighted by atomic mass is 10.0. The normalized spacial score (nSPS) is 15.8. The van der Waals surface area contributed by atoms with E-state index in [1.807, 2.05) is 0 Å². The summed E-state index contributed by atoms with van der Waals surface area (Å²) >= 11 is 0. The zero-order chi connectivity index (χ0) is 13.9. The molecule has 1 aromatic heterocycles. The lowest BCUT2D eigenvalue weighted by molar-refractivity contribution is 0.436. The largest absolute Gasteiger partial charge is 0.398 e. The van der Waals surface area contributed by atoms with E-state index in [1.54, 1.807) is 10.7 Å². The summed E-state index contributed by atoms with van der Waals surface area (Å²) in [5, 5.41) is 11.8. The monoisotopic (exact) mass is 275 g/mol. The summed E-state index contributed by atoms with van der Waals surface area (Å²) in [5.74, 6) is 1.04. The van der Waals surface area contributed by atoms with Crippen molar-refractivity contribution in [3.05, 3.63) is 24.0 Å². The van der Waals surface area contributed by atoms with Crippen molar-refractivity contribution in [3.8, 4) is 11.4 Å². The summed E-state index contributed by atoms with van der Waals surface area (Å²) in [6.07, 6.45) is 6.35. The van der Waals surface area contributed by atoms with Crippen LogP contribution in [0.4, 0.5) is 10.1 Å². The first-order valence-corrected chi connectivity index (χ1v) is 7.05. The number of nitrogens with two attached hydrogens (primary N) is 1. The van der Waals surface area contributed by atoms with Crippen LogP contribution in [0, 0.1) is 11.7 Å². The Balaban J connectivity index is 1.78. The first-order chi connectivity index (χ1) is 9.74. The molecule has 0 unspecified atom stereocenters. The van der Waals surface area contributed by atoms with E-state index in [-0.39, 0.29) is 5.82 Å². The molecule has 20 heavy (non-hydrogen) atoms. The van der Waals surface area contributed by atoms with E-state index in [9.17, 15) is 4.39 Å². The first kappa shape index (κ1) is 13.0. The number of benzene rings is 1. The highest BCUT2D eigenvalue weighted by molar-refractivity contribution is 5.71. The highest BCUT2D eigenvalue weighted by Gasteiger charge is 2.17. The van der Waals surface area contributed by atoms with Crippen LogP contribution in [0.15, 0.2) is 18.2 Å². The molecule has 0 bridgehead atoms. The second kappa shape index (κ2) is 5.56. The zero-order valence-electron chi connectivity index (χ0n) is 11.3. The van der Waals surface area contributed by atoms with Gasteiger partial charge in [-0.25, -0.2) is 9.07 Å². The summed E-state index contributed by atoms with van der Waals surface area (Å²) in [5.41, 5.74) is 6.90. The van der Waals surface area contributed by atoms with Gasteiger partial charge in [0.2, 0.25) is 0 Å². The van der Waals surface area contributed by atoms with Gasteiger partial charge in [0.15, 0.2) is 5.82 Å². The van der Waals surface area contributed by atoms with Crippen molar-refractivity contribution >= 4 is 5.69 Å². The number of halogens is 1. The van der Waals surface area contributed by atoms with E-state index in [2.05, 4.69) is 15.5 Å². The minimum absolute atomic E-state index is 0.351. The summed E-state index contributed by atoms with van der Waals surface area (Å²) in [4.78, 5) is 0. The Morgan fingerprint density at radius 1 is 1.30 bits per heavy atom. The Morgan fingerprint density at radius 3 is 2.85 bits per heavy atom. The van der Waals surface area contributed by atoms with Crippen molar-refractivity contribution in [2.24, 2.45) is 5.92 Å². The predicted octanol–water partition coefficient (Wildman–Crippen LogP) is 2.64. The number of tetrazole rings is 1. The molecular weight excluding hydrogens is 257 g/mol. The van der Waals surface area contributed by atoms with Gasteiger partial charge in [-0.15, -0.1) is 5.10 Å². The van der Waals surface area contributed by atoms with Gasteiger partial charge < -0.3 is 5.73 Å². The van der Waals surface area contributed by atoms with E-state index in [0.29, 0.717) is 17.1 Å². The number of hydrogen-bond donors (Lipinski definition) is 1. The number of aromatic nitrogens is 4. The molecule has 1 aliphatic carbocycles. The number of anilines is 1. The molecule has 6 heteroatoms. The SMILES string of the molecule is Nc1cc(F)ccc1-c1nnnn1CCC1CCCC1. The van der Waals surface area contributed by atoms with Crippen LogP contribution in [-0.2, 0) is 6.54 Å². The topological polar surface area (TPSA) is 69.6 Å². The first-order valence-electron chi connectivity index (χ1n) is 7.05. The van der Waals surface area contributed by atoms with Crippen molar-refractivity contribution in [1.82, 2.24) is 20.2 Å². The maximum Gasteiger partial charge on any atom is 0.184 e. The van der Waals surface area contributed by atoms with Crippen molar-refractivity contribution < 1.29 is 4.39 Å². The van der Waals surface area contributed by atoms with Crippen LogP contribution in [0.2, 0.25) is 0 Å². The van der Waals surface area contributed by atoms with E-state index in [1.165, 1.54) is 37.8 Å². The molecule has 2 aromatic rings. The Bertz CT molecular complexity index is 589. The maximum absolute atomic E-state index is 13.1. The quantitative estimate of drug-likeness (QED) is 0.871. The Kier molecular flexibility index (Phi) is 3.62. The smallest absolute Gasteiger partial charge is 0.184 e. The average molecular weight is 275 g/mol. The third-order valence-electron chi connectivity index (χ3n) is 4.01. The van der Waals surface area contributed by atoms with Gasteiger partial charge in [0, 0.05) is 17.8 Å². The second-order valence-electron chi connectivity index (χ2n) is 5.40. The molecule has 5 nitrogen and oxygen atoms in total. The van der Waals surface area contributed by atoms with Gasteiger partial charge in [0.05, 0.1) is 0 Å². The number of nitrogens with zero attached hydrogens (tertiary/aromatic N) is 4. The van der Waals surface area contributed by atoms with Crippen molar-refractivity contribution in [2.75, 3.05) is 5.73 Å². The molecular formula is C14H18FN5. The molecule has 106 valence electrons. The molecule has 0 spiro atoms. The lowest BCUT2D eigenvalue weighted by Crippen LogP contribution is -2.08. The fourth-order valence-electron chi connectivity index (χ4n) is 2.89. The summed E-state index contributed by atoms with van der Waals surface area (Å²) in [7, 11) is 0. The molecule has 1 fully saturated rings. The van der Waals surface area contributed by atoms with Crippen LogP contribution < -0.4 is 5.73 Å². The molecule has 1 aromatic carbocycles. The molecule has 0 amide bonds. The second-order valence-corrected chi connectivity index (χ2v) is 5.40. The van der Waals surface area contributed by atoms with E-state index in [0.717, 1.165) is 18.9 Å². The van der Waals surface area contributed by atoms with E-state index in [4.69, 9.17) is 5.73 Å². The van der Waals surface area contributed by atoms with Crippen LogP contribution in [0.3, 0.4) is 0 Å². The zero-order valence-corrected chi connectivity index (χ0v) is 11.3. The van der Waals surface area contributed by atoms with Crippen LogP contribution in [0.25, 0.3) is 11.4 Å². The molecule has 1 saturated carbocycles. The van der Waals surface area contributed by atoms with Gasteiger partial charge in [-0.05, 0) is 41.0 Å². The van der Waals surface area contributed by atoms with Gasteiger partial charge in [-0.1, -0.05) is 25.7 Å². The third kappa shape index (κ3) is 2.64. The lowest BCUT2D eigenvalue weighted by Gasteiger charge is -2.10. The van der Waals surface area contributed by atoms with Crippen LogP contribution in [-0.4, -0.2) is 20.2 Å². The summed E-state index contributed by atoms with van der Waals surface area (Å²) < 4.78 is 14.9. The van der Waals surface area contributed by atoms with Gasteiger partial charge >= 0.3 is 0 Å². The summed E-state index contributed by atoms with van der Waals surface area (Å²) in [6.45, 7) is 0.782. The van der Waals surface area contributed by atoms with E-state index >= 15 is 0 Å². The van der Waals surface area contributed by atoms with Gasteiger partial charge in [-0.3, -0.25) is 0 Å². The van der Waals surface area contributed by atoms with Crippen LogP contribution >= 0.6 is 0 Å². The molecule has 3 rings (SSSR count). The van der Waals surface area contributed by atoms with Gasteiger partial charge in [0.1, 0.15) is 5.82 Å². The average Bonchev–Trinajstić information content (AvgIpc) is 3.07. The van der Waals surface area contributed by atoms with Crippen molar-refractivity contribution in [2.45, 2.75) is 38.6 Å². The van der Waals surface area contributed by atoms with Crippen molar-refractivity contribution in [1.29, 1.82) is 0 Å². The Hall–Kier alpha value is -1.98. The Morgan fingerprint density at radius 2 is 2.10 bits per heavy atom. The minimum atomic E-state index is -0.351. The fourth-order valence-corrected chi connectivity index (χ4v) is 2.89. The summed E-state index contributed by atoms with van der Waals surface area (Å²) in [6, 6.07) is 4.30.